The van der Waals surface area contributed by atoms with Crippen LogP contribution in [0.5, 0.6) is 0 Å². The van der Waals surface area contributed by atoms with Crippen LogP contribution < -0.4 is 10.9 Å². The molecule has 1 aromatic carbocycles. The summed E-state index contributed by atoms with van der Waals surface area (Å²) in [5.74, 6) is -0.701. The van der Waals surface area contributed by atoms with E-state index in [1.54, 1.807) is 18.5 Å². The molecule has 1 atom stereocenters. The summed E-state index contributed by atoms with van der Waals surface area (Å²) in [5.41, 5.74) is 2.31. The number of hydrogen-bond donors (Lipinski definition) is 2. The highest BCUT2D eigenvalue weighted by Gasteiger charge is 2.29. The van der Waals surface area contributed by atoms with Gasteiger partial charge in [0.05, 0.1) is 29.3 Å². The van der Waals surface area contributed by atoms with E-state index in [1.165, 1.54) is 17.5 Å². The number of carbonyl (C=O) groups is 2. The lowest BCUT2D eigenvalue weighted by atomic mass is 10.1. The molecule has 2 N–H and O–H groups in total. The molecule has 0 saturated carbocycles. The first-order chi connectivity index (χ1) is 17.0. The van der Waals surface area contributed by atoms with Crippen LogP contribution in [-0.4, -0.2) is 43.5 Å². The second-order valence-electron chi connectivity index (χ2n) is 8.03. The maximum atomic E-state index is 13.0. The number of amides is 1. The topological polar surface area (TPSA) is 119 Å². The molecule has 1 amide bonds. The van der Waals surface area contributed by atoms with Crippen LogP contribution in [0, 0.1) is 0 Å². The lowest BCUT2D eigenvalue weighted by Gasteiger charge is -2.12. The van der Waals surface area contributed by atoms with E-state index in [4.69, 9.17) is 4.74 Å². The number of thioether (sulfide) groups is 1. The number of aromatic amines is 1. The number of ether oxygens (including phenoxy) is 1. The lowest BCUT2D eigenvalue weighted by Crippen LogP contribution is -2.24. The predicted molar refractivity (Wildman–Crippen MR) is 136 cm³/mol. The minimum Gasteiger partial charge on any atom is -0.462 e. The Morgan fingerprint density at radius 1 is 1.29 bits per heavy atom. The van der Waals surface area contributed by atoms with Gasteiger partial charge in [0.2, 0.25) is 5.91 Å². The molecule has 0 aliphatic heterocycles. The van der Waals surface area contributed by atoms with Crippen LogP contribution in [0.4, 0.5) is 5.00 Å². The Bertz CT molecular complexity index is 1470. The number of aromatic nitrogens is 4. The molecule has 1 aliphatic rings. The average Bonchev–Trinajstić information content (AvgIpc) is 3.54. The molecule has 11 heteroatoms. The van der Waals surface area contributed by atoms with Gasteiger partial charge < -0.3 is 15.0 Å². The molecule has 0 unspecified atom stereocenters. The van der Waals surface area contributed by atoms with Crippen molar-refractivity contribution in [3.05, 3.63) is 62.9 Å². The van der Waals surface area contributed by atoms with Gasteiger partial charge in [0.25, 0.3) is 5.56 Å². The zero-order valence-electron chi connectivity index (χ0n) is 19.2. The predicted octanol–water partition coefficient (Wildman–Crippen LogP) is 3.96. The Hall–Kier alpha value is -3.44. The van der Waals surface area contributed by atoms with E-state index in [2.05, 4.69) is 20.4 Å². The van der Waals surface area contributed by atoms with Gasteiger partial charge in [0.15, 0.2) is 10.8 Å². The summed E-state index contributed by atoms with van der Waals surface area (Å²) in [7, 11) is 0. The summed E-state index contributed by atoms with van der Waals surface area (Å²) in [4.78, 5) is 46.7. The number of H-pyrrole nitrogens is 1. The van der Waals surface area contributed by atoms with E-state index >= 15 is 0 Å². The van der Waals surface area contributed by atoms with Crippen LogP contribution in [-0.2, 0) is 22.4 Å². The maximum absolute atomic E-state index is 13.0. The van der Waals surface area contributed by atoms with Gasteiger partial charge in [-0.1, -0.05) is 30.0 Å². The van der Waals surface area contributed by atoms with Gasteiger partial charge in [0.1, 0.15) is 10.4 Å². The standard InChI is InChI=1S/C24H23N5O4S2/c1-3-33-23(32)18-15-10-7-11-17(15)35-22(18)27-20(30)13(2)34-24-26-19-16(21(31)28-24)12-25-29(19)14-8-5-4-6-9-14/h4-6,8-9,12-13H,3,7,10-11H2,1-2H3,(H,27,30)(H,26,28,31)/t13-/m1/s1. The first-order valence-electron chi connectivity index (χ1n) is 11.3. The van der Waals surface area contributed by atoms with E-state index < -0.39 is 11.2 Å². The van der Waals surface area contributed by atoms with Crippen molar-refractivity contribution < 1.29 is 14.3 Å². The molecule has 0 fully saturated rings. The van der Waals surface area contributed by atoms with Crippen LogP contribution in [0.1, 0.15) is 41.1 Å². The highest BCUT2D eigenvalue weighted by atomic mass is 32.2. The van der Waals surface area contributed by atoms with E-state index in [0.29, 0.717) is 26.8 Å². The number of benzene rings is 1. The number of para-hydroxylation sites is 1. The summed E-state index contributed by atoms with van der Waals surface area (Å²) in [6, 6.07) is 9.40. The Morgan fingerprint density at radius 2 is 2.09 bits per heavy atom. The average molecular weight is 510 g/mol. The number of thiophene rings is 1. The molecule has 0 bridgehead atoms. The minimum atomic E-state index is -0.587. The minimum absolute atomic E-state index is 0.268. The molecule has 0 radical (unpaired) electrons. The van der Waals surface area contributed by atoms with Gasteiger partial charge in [-0.15, -0.1) is 11.3 Å². The van der Waals surface area contributed by atoms with Crippen molar-refractivity contribution in [3.63, 3.8) is 0 Å². The van der Waals surface area contributed by atoms with Gasteiger partial charge >= 0.3 is 5.97 Å². The van der Waals surface area contributed by atoms with E-state index in [9.17, 15) is 14.4 Å². The highest BCUT2D eigenvalue weighted by molar-refractivity contribution is 8.00. The van der Waals surface area contributed by atoms with E-state index in [-0.39, 0.29) is 18.1 Å². The van der Waals surface area contributed by atoms with Crippen molar-refractivity contribution >= 4 is 51.0 Å². The van der Waals surface area contributed by atoms with Gasteiger partial charge in [-0.2, -0.15) is 5.10 Å². The zero-order chi connectivity index (χ0) is 24.5. The van der Waals surface area contributed by atoms with Crippen LogP contribution >= 0.6 is 23.1 Å². The van der Waals surface area contributed by atoms with Gasteiger partial charge in [0, 0.05) is 4.88 Å². The normalized spacial score (nSPS) is 13.5. The quantitative estimate of drug-likeness (QED) is 0.220. The largest absolute Gasteiger partial charge is 0.462 e. The Labute approximate surface area is 208 Å². The summed E-state index contributed by atoms with van der Waals surface area (Å²) in [5, 5.41) is 7.81. The third-order valence-corrected chi connectivity index (χ3v) is 7.90. The van der Waals surface area contributed by atoms with Crippen molar-refractivity contribution in [1.82, 2.24) is 19.7 Å². The molecule has 4 aromatic rings. The summed E-state index contributed by atoms with van der Waals surface area (Å²) < 4.78 is 6.83. The number of hydrogen-bond acceptors (Lipinski definition) is 8. The Balaban J connectivity index is 1.38. The molecular formula is C24H23N5O4S2. The third kappa shape index (κ3) is 4.48. The molecule has 35 heavy (non-hydrogen) atoms. The molecule has 3 heterocycles. The first-order valence-corrected chi connectivity index (χ1v) is 13.0. The van der Waals surface area contributed by atoms with Crippen molar-refractivity contribution in [1.29, 1.82) is 0 Å². The SMILES string of the molecule is CCOC(=O)c1c(NC(=O)[C@@H](C)Sc2nc3c(cnn3-c3ccccc3)c(=O)[nH]2)sc2c1CCC2. The smallest absolute Gasteiger partial charge is 0.341 e. The maximum Gasteiger partial charge on any atom is 0.341 e. The number of aryl methyl sites for hydroxylation is 1. The summed E-state index contributed by atoms with van der Waals surface area (Å²) in [6.07, 6.45) is 4.17. The number of esters is 1. The van der Waals surface area contributed by atoms with Gasteiger partial charge in [-0.25, -0.2) is 14.5 Å². The molecule has 3 aromatic heterocycles. The second kappa shape index (κ2) is 9.67. The van der Waals surface area contributed by atoms with Gasteiger partial charge in [-0.05, 0) is 50.8 Å². The number of carbonyl (C=O) groups excluding carboxylic acids is 2. The summed E-state index contributed by atoms with van der Waals surface area (Å²) >= 11 is 2.56. The monoisotopic (exact) mass is 509 g/mol. The van der Waals surface area contributed by atoms with Crippen molar-refractivity contribution in [3.8, 4) is 5.69 Å². The number of nitrogens with one attached hydrogen (secondary N) is 2. The lowest BCUT2D eigenvalue weighted by molar-refractivity contribution is -0.115. The zero-order valence-corrected chi connectivity index (χ0v) is 20.8. The van der Waals surface area contributed by atoms with Crippen molar-refractivity contribution in [2.45, 2.75) is 43.5 Å². The van der Waals surface area contributed by atoms with E-state index in [0.717, 1.165) is 47.2 Å². The number of nitrogens with zero attached hydrogens (tertiary/aromatic N) is 3. The fourth-order valence-corrected chi connectivity index (χ4v) is 6.13. The fourth-order valence-electron chi connectivity index (χ4n) is 4.06. The number of fused-ring (bicyclic) bond motifs is 2. The van der Waals surface area contributed by atoms with Gasteiger partial charge in [-0.3, -0.25) is 9.59 Å². The summed E-state index contributed by atoms with van der Waals surface area (Å²) in [6.45, 7) is 3.75. The number of anilines is 1. The van der Waals surface area contributed by atoms with E-state index in [1.807, 2.05) is 30.3 Å². The second-order valence-corrected chi connectivity index (χ2v) is 10.5. The molecule has 5 rings (SSSR count). The molecule has 0 spiro atoms. The molecule has 180 valence electrons. The molecule has 9 nitrogen and oxygen atoms in total. The highest BCUT2D eigenvalue weighted by Crippen LogP contribution is 2.40. The molecule has 0 saturated heterocycles. The molecular weight excluding hydrogens is 486 g/mol. The van der Waals surface area contributed by atoms with Crippen LogP contribution in [0.3, 0.4) is 0 Å². The first kappa shape index (κ1) is 23.3. The fraction of sp³-hybridized carbons (Fsp3) is 0.292. The van der Waals surface area contributed by atoms with Crippen molar-refractivity contribution in [2.75, 3.05) is 11.9 Å². The van der Waals surface area contributed by atoms with Crippen LogP contribution in [0.25, 0.3) is 16.7 Å². The third-order valence-electron chi connectivity index (χ3n) is 5.71. The number of rotatable bonds is 7. The van der Waals surface area contributed by atoms with Crippen LogP contribution in [0.15, 0.2) is 46.5 Å². The van der Waals surface area contributed by atoms with Crippen molar-refractivity contribution in [2.24, 2.45) is 0 Å². The molecule has 1 aliphatic carbocycles. The Morgan fingerprint density at radius 3 is 2.86 bits per heavy atom. The Kier molecular flexibility index (Phi) is 6.44. The van der Waals surface area contributed by atoms with Crippen LogP contribution in [0.2, 0.25) is 0 Å².